The van der Waals surface area contributed by atoms with E-state index in [1.165, 1.54) is 31.4 Å². The van der Waals surface area contributed by atoms with Crippen molar-refractivity contribution in [2.24, 2.45) is 0 Å². The first-order chi connectivity index (χ1) is 11.6. The number of anilines is 1. The van der Waals surface area contributed by atoms with Crippen LogP contribution in [0.15, 0.2) is 48.5 Å². The molecular formula is C18H18FNO4. The van der Waals surface area contributed by atoms with Crippen LogP contribution in [-0.4, -0.2) is 25.6 Å². The third kappa shape index (κ3) is 5.39. The van der Waals surface area contributed by atoms with Crippen LogP contribution in [0.5, 0.6) is 5.75 Å². The van der Waals surface area contributed by atoms with Gasteiger partial charge in [-0.05, 0) is 55.0 Å². The molecule has 24 heavy (non-hydrogen) atoms. The lowest BCUT2D eigenvalue weighted by atomic mass is 10.2. The molecule has 0 bridgehead atoms. The summed E-state index contributed by atoms with van der Waals surface area (Å²) in [6.07, 6.45) is 0.823. The number of carbonyl (C=O) groups excluding carboxylic acids is 2. The van der Waals surface area contributed by atoms with Gasteiger partial charge >= 0.3 is 5.97 Å². The zero-order valence-electron chi connectivity index (χ0n) is 13.3. The fourth-order valence-electron chi connectivity index (χ4n) is 1.98. The van der Waals surface area contributed by atoms with E-state index in [1.807, 2.05) is 0 Å². The van der Waals surface area contributed by atoms with Gasteiger partial charge in [0.15, 0.2) is 0 Å². The minimum atomic E-state index is -0.404. The lowest BCUT2D eigenvalue weighted by molar-refractivity contribution is -0.116. The van der Waals surface area contributed by atoms with Gasteiger partial charge in [-0.2, -0.15) is 0 Å². The highest BCUT2D eigenvalue weighted by molar-refractivity contribution is 5.90. The maximum Gasteiger partial charge on any atom is 0.337 e. The molecule has 2 aromatic carbocycles. The van der Waals surface area contributed by atoms with Gasteiger partial charge in [0.1, 0.15) is 11.6 Å². The van der Waals surface area contributed by atoms with Crippen LogP contribution in [0.2, 0.25) is 0 Å². The second kappa shape index (κ2) is 8.67. The molecule has 0 heterocycles. The molecule has 0 saturated heterocycles. The zero-order chi connectivity index (χ0) is 17.4. The van der Waals surface area contributed by atoms with Crippen LogP contribution < -0.4 is 10.1 Å². The third-order valence-electron chi connectivity index (χ3n) is 3.22. The molecule has 126 valence electrons. The van der Waals surface area contributed by atoms with E-state index in [2.05, 4.69) is 10.1 Å². The Balaban J connectivity index is 1.69. The Morgan fingerprint density at radius 1 is 1.04 bits per heavy atom. The van der Waals surface area contributed by atoms with Crippen LogP contribution >= 0.6 is 0 Å². The molecule has 0 saturated carbocycles. The highest BCUT2D eigenvalue weighted by atomic mass is 19.1. The summed E-state index contributed by atoms with van der Waals surface area (Å²) in [5, 5.41) is 2.68. The van der Waals surface area contributed by atoms with Crippen LogP contribution in [0, 0.1) is 5.82 Å². The molecule has 1 N–H and O–H groups in total. The monoisotopic (exact) mass is 331 g/mol. The van der Waals surface area contributed by atoms with Crippen LogP contribution in [-0.2, 0) is 9.53 Å². The van der Waals surface area contributed by atoms with Gasteiger partial charge in [0.25, 0.3) is 0 Å². The SMILES string of the molecule is COC(=O)c1ccc(OCCCC(=O)Nc2ccc(F)cc2)cc1. The summed E-state index contributed by atoms with van der Waals surface area (Å²) in [5.41, 5.74) is 1.00. The van der Waals surface area contributed by atoms with Crippen molar-refractivity contribution in [3.05, 3.63) is 59.9 Å². The number of nitrogens with one attached hydrogen (secondary N) is 1. The van der Waals surface area contributed by atoms with E-state index < -0.39 is 5.97 Å². The van der Waals surface area contributed by atoms with Crippen molar-refractivity contribution < 1.29 is 23.5 Å². The van der Waals surface area contributed by atoms with Gasteiger partial charge in [0, 0.05) is 12.1 Å². The molecule has 2 rings (SSSR count). The molecule has 0 radical (unpaired) electrons. The van der Waals surface area contributed by atoms with Gasteiger partial charge in [-0.25, -0.2) is 9.18 Å². The van der Waals surface area contributed by atoms with Crippen molar-refractivity contribution in [3.63, 3.8) is 0 Å². The van der Waals surface area contributed by atoms with E-state index in [0.717, 1.165) is 0 Å². The minimum Gasteiger partial charge on any atom is -0.494 e. The molecule has 5 nitrogen and oxygen atoms in total. The predicted molar refractivity (Wildman–Crippen MR) is 87.5 cm³/mol. The fraction of sp³-hybridized carbons (Fsp3) is 0.222. The van der Waals surface area contributed by atoms with E-state index in [0.29, 0.717) is 30.0 Å². The minimum absolute atomic E-state index is 0.161. The van der Waals surface area contributed by atoms with E-state index in [9.17, 15) is 14.0 Å². The molecule has 0 aliphatic rings. The molecule has 1 amide bonds. The lowest BCUT2D eigenvalue weighted by Gasteiger charge is -2.07. The second-order valence-electron chi connectivity index (χ2n) is 5.02. The van der Waals surface area contributed by atoms with Gasteiger partial charge in [0.2, 0.25) is 5.91 Å². The van der Waals surface area contributed by atoms with Crippen molar-refractivity contribution in [3.8, 4) is 5.75 Å². The Kier molecular flexibility index (Phi) is 6.31. The van der Waals surface area contributed by atoms with Gasteiger partial charge in [-0.15, -0.1) is 0 Å². The zero-order valence-corrected chi connectivity index (χ0v) is 13.3. The maximum atomic E-state index is 12.8. The van der Waals surface area contributed by atoms with Crippen molar-refractivity contribution in [1.82, 2.24) is 0 Å². The van der Waals surface area contributed by atoms with Crippen LogP contribution in [0.3, 0.4) is 0 Å². The quantitative estimate of drug-likeness (QED) is 0.624. The first kappa shape index (κ1) is 17.5. The summed E-state index contributed by atoms with van der Waals surface area (Å²) >= 11 is 0. The van der Waals surface area contributed by atoms with E-state index in [4.69, 9.17) is 4.74 Å². The topological polar surface area (TPSA) is 64.6 Å². The number of hydrogen-bond donors (Lipinski definition) is 1. The Bertz CT molecular complexity index is 683. The molecule has 0 spiro atoms. The number of hydrogen-bond acceptors (Lipinski definition) is 4. The Morgan fingerprint density at radius 3 is 2.33 bits per heavy atom. The Morgan fingerprint density at radius 2 is 1.71 bits per heavy atom. The summed E-state index contributed by atoms with van der Waals surface area (Å²) in [4.78, 5) is 23.1. The largest absolute Gasteiger partial charge is 0.494 e. The van der Waals surface area contributed by atoms with Gasteiger partial charge in [0.05, 0.1) is 19.3 Å². The normalized spacial score (nSPS) is 10.1. The number of methoxy groups -OCH3 is 1. The van der Waals surface area contributed by atoms with Gasteiger partial charge < -0.3 is 14.8 Å². The van der Waals surface area contributed by atoms with Gasteiger partial charge in [-0.3, -0.25) is 4.79 Å². The number of halogens is 1. The molecule has 0 aromatic heterocycles. The molecule has 0 atom stereocenters. The Labute approximate surface area is 139 Å². The highest BCUT2D eigenvalue weighted by Gasteiger charge is 2.05. The predicted octanol–water partition coefficient (Wildman–Crippen LogP) is 3.41. The summed E-state index contributed by atoms with van der Waals surface area (Å²) in [5.74, 6) is -0.300. The number of amides is 1. The van der Waals surface area contributed by atoms with Crippen LogP contribution in [0.25, 0.3) is 0 Å². The van der Waals surface area contributed by atoms with Crippen LogP contribution in [0.1, 0.15) is 23.2 Å². The average Bonchev–Trinajstić information content (AvgIpc) is 2.60. The first-order valence-electron chi connectivity index (χ1n) is 7.45. The lowest BCUT2D eigenvalue weighted by Crippen LogP contribution is -2.12. The number of benzene rings is 2. The summed E-state index contributed by atoms with van der Waals surface area (Å²) in [6, 6.07) is 12.2. The standard InChI is InChI=1S/C18H18FNO4/c1-23-18(22)13-4-10-16(11-5-13)24-12-2-3-17(21)20-15-8-6-14(19)7-9-15/h4-11H,2-3,12H2,1H3,(H,20,21). The maximum absolute atomic E-state index is 12.8. The molecule has 6 heteroatoms. The van der Waals surface area contributed by atoms with Crippen molar-refractivity contribution in [2.45, 2.75) is 12.8 Å². The first-order valence-corrected chi connectivity index (χ1v) is 7.45. The smallest absolute Gasteiger partial charge is 0.337 e. The molecule has 0 aliphatic heterocycles. The fourth-order valence-corrected chi connectivity index (χ4v) is 1.98. The summed E-state index contributed by atoms with van der Waals surface area (Å²) < 4.78 is 22.9. The average molecular weight is 331 g/mol. The number of ether oxygens (including phenoxy) is 2. The highest BCUT2D eigenvalue weighted by Crippen LogP contribution is 2.14. The molecule has 0 unspecified atom stereocenters. The molecule has 0 fully saturated rings. The summed E-state index contributed by atoms with van der Waals surface area (Å²) in [7, 11) is 1.32. The summed E-state index contributed by atoms with van der Waals surface area (Å²) in [6.45, 7) is 0.369. The molecular weight excluding hydrogens is 313 g/mol. The third-order valence-corrected chi connectivity index (χ3v) is 3.22. The van der Waals surface area contributed by atoms with Crippen LogP contribution in [0.4, 0.5) is 10.1 Å². The number of esters is 1. The molecule has 2 aromatic rings. The Hall–Kier alpha value is -2.89. The van der Waals surface area contributed by atoms with Gasteiger partial charge in [-0.1, -0.05) is 0 Å². The number of carbonyl (C=O) groups is 2. The van der Waals surface area contributed by atoms with Crippen molar-refractivity contribution in [1.29, 1.82) is 0 Å². The van der Waals surface area contributed by atoms with E-state index >= 15 is 0 Å². The second-order valence-corrected chi connectivity index (χ2v) is 5.02. The molecule has 0 aliphatic carbocycles. The number of rotatable bonds is 7. The van der Waals surface area contributed by atoms with Crippen molar-refractivity contribution >= 4 is 17.6 Å². The van der Waals surface area contributed by atoms with E-state index in [-0.39, 0.29) is 18.1 Å². The van der Waals surface area contributed by atoms with E-state index in [1.54, 1.807) is 24.3 Å². The van der Waals surface area contributed by atoms with Crippen molar-refractivity contribution in [2.75, 3.05) is 19.0 Å².